The number of unbranched alkanes of at least 4 members (excludes halogenated alkanes) is 6. The molecule has 0 aliphatic heterocycles. The van der Waals surface area contributed by atoms with Crippen molar-refractivity contribution in [3.63, 3.8) is 0 Å². The first-order chi connectivity index (χ1) is 10.6. The molecule has 0 aliphatic rings. The molecule has 0 radical (unpaired) electrons. The molecule has 0 fully saturated rings. The second kappa shape index (κ2) is 11.0. The molecule has 4 heteroatoms. The van der Waals surface area contributed by atoms with E-state index in [9.17, 15) is 9.59 Å². The molecule has 120 valence electrons. The number of carbonyl (C=O) groups excluding carboxylic acids is 2. The topological polar surface area (TPSA) is 43.4 Å². The van der Waals surface area contributed by atoms with Crippen LogP contribution in [0, 0.1) is 0 Å². The van der Waals surface area contributed by atoms with Crippen molar-refractivity contribution < 1.29 is 14.3 Å². The molecule has 0 unspecified atom stereocenters. The van der Waals surface area contributed by atoms with Gasteiger partial charge in [0.05, 0.1) is 5.56 Å². The number of hydrogen-bond donors (Lipinski definition) is 0. The first-order valence-corrected chi connectivity index (χ1v) is 8.13. The van der Waals surface area contributed by atoms with Crippen molar-refractivity contribution in [3.05, 3.63) is 42.5 Å². The van der Waals surface area contributed by atoms with Crippen LogP contribution >= 0.6 is 11.6 Å². The van der Waals surface area contributed by atoms with E-state index in [2.05, 4.69) is 6.58 Å². The van der Waals surface area contributed by atoms with Gasteiger partial charge in [-0.2, -0.15) is 0 Å². The zero-order chi connectivity index (χ0) is 16.2. The van der Waals surface area contributed by atoms with Gasteiger partial charge in [0.25, 0.3) is 5.24 Å². The number of carbonyl (C=O) groups is 2. The Morgan fingerprint density at radius 3 is 2.36 bits per heavy atom. The SMILES string of the molecule is C=CCCCCCCCCC(=O)Oc1ccccc1C(=O)Cl. The Hall–Kier alpha value is -1.61. The number of esters is 1. The van der Waals surface area contributed by atoms with Crippen LogP contribution in [0.25, 0.3) is 0 Å². The van der Waals surface area contributed by atoms with E-state index < -0.39 is 5.24 Å². The molecule has 22 heavy (non-hydrogen) atoms. The van der Waals surface area contributed by atoms with Gasteiger partial charge in [-0.25, -0.2) is 0 Å². The van der Waals surface area contributed by atoms with Gasteiger partial charge < -0.3 is 4.74 Å². The Kier molecular flexibility index (Phi) is 9.24. The fraction of sp³-hybridized carbons (Fsp3) is 0.444. The molecular weight excluding hydrogens is 300 g/mol. The van der Waals surface area contributed by atoms with Gasteiger partial charge in [0.2, 0.25) is 0 Å². The number of halogens is 1. The molecule has 1 aromatic rings. The van der Waals surface area contributed by atoms with Crippen LogP contribution in [0.1, 0.15) is 61.7 Å². The Labute approximate surface area is 137 Å². The van der Waals surface area contributed by atoms with Crippen molar-refractivity contribution in [1.82, 2.24) is 0 Å². The number of rotatable bonds is 11. The molecule has 0 saturated heterocycles. The predicted molar refractivity (Wildman–Crippen MR) is 89.4 cm³/mol. The molecule has 0 amide bonds. The molecule has 1 aromatic carbocycles. The smallest absolute Gasteiger partial charge is 0.311 e. The van der Waals surface area contributed by atoms with Gasteiger partial charge in [-0.3, -0.25) is 9.59 Å². The summed E-state index contributed by atoms with van der Waals surface area (Å²) in [6, 6.07) is 6.50. The van der Waals surface area contributed by atoms with E-state index in [0.717, 1.165) is 25.7 Å². The first-order valence-electron chi connectivity index (χ1n) is 7.75. The lowest BCUT2D eigenvalue weighted by Crippen LogP contribution is -2.09. The van der Waals surface area contributed by atoms with Gasteiger partial charge in [0.1, 0.15) is 5.75 Å². The molecule has 0 saturated carbocycles. The lowest BCUT2D eigenvalue weighted by Gasteiger charge is -2.07. The second-order valence-electron chi connectivity index (χ2n) is 5.19. The summed E-state index contributed by atoms with van der Waals surface area (Å²) in [5.74, 6) is -0.0889. The Balaban J connectivity index is 2.21. The summed E-state index contributed by atoms with van der Waals surface area (Å²) in [6.45, 7) is 3.70. The highest BCUT2D eigenvalue weighted by Crippen LogP contribution is 2.20. The van der Waals surface area contributed by atoms with Crippen LogP contribution in [-0.4, -0.2) is 11.2 Å². The normalized spacial score (nSPS) is 10.2. The Morgan fingerprint density at radius 2 is 1.68 bits per heavy atom. The number of ether oxygens (including phenoxy) is 1. The molecule has 0 aromatic heterocycles. The summed E-state index contributed by atoms with van der Waals surface area (Å²) in [7, 11) is 0. The third-order valence-electron chi connectivity index (χ3n) is 3.36. The number of allylic oxidation sites excluding steroid dienone is 1. The van der Waals surface area contributed by atoms with E-state index in [4.69, 9.17) is 16.3 Å². The van der Waals surface area contributed by atoms with Gasteiger partial charge in [-0.1, -0.05) is 43.9 Å². The average molecular weight is 323 g/mol. The lowest BCUT2D eigenvalue weighted by atomic mass is 10.1. The zero-order valence-electron chi connectivity index (χ0n) is 12.9. The van der Waals surface area contributed by atoms with E-state index in [1.165, 1.54) is 19.3 Å². The van der Waals surface area contributed by atoms with Crippen LogP contribution in [0.15, 0.2) is 36.9 Å². The zero-order valence-corrected chi connectivity index (χ0v) is 13.6. The fourth-order valence-electron chi connectivity index (χ4n) is 2.16. The third-order valence-corrected chi connectivity index (χ3v) is 3.57. The van der Waals surface area contributed by atoms with Crippen LogP contribution in [-0.2, 0) is 4.79 Å². The maximum atomic E-state index is 11.8. The van der Waals surface area contributed by atoms with E-state index in [-0.39, 0.29) is 17.3 Å². The standard InChI is InChI=1S/C18H23ClO3/c1-2-3-4-5-6-7-8-9-14-17(20)22-16-13-11-10-12-15(16)18(19)21/h2,10-13H,1,3-9,14H2. The lowest BCUT2D eigenvalue weighted by molar-refractivity contribution is -0.134. The van der Waals surface area contributed by atoms with Crippen molar-refractivity contribution >= 4 is 22.8 Å². The Bertz CT molecular complexity index is 497. The molecule has 0 spiro atoms. The fourth-order valence-corrected chi connectivity index (χ4v) is 2.31. The van der Waals surface area contributed by atoms with Crippen LogP contribution in [0.4, 0.5) is 0 Å². The summed E-state index contributed by atoms with van der Waals surface area (Å²) in [5.41, 5.74) is 0.222. The van der Waals surface area contributed by atoms with E-state index in [1.807, 2.05) is 6.08 Å². The summed E-state index contributed by atoms with van der Waals surface area (Å²) in [5, 5.41) is -0.622. The largest absolute Gasteiger partial charge is 0.426 e. The highest BCUT2D eigenvalue weighted by atomic mass is 35.5. The molecular formula is C18H23ClO3. The van der Waals surface area contributed by atoms with Crippen molar-refractivity contribution in [3.8, 4) is 5.75 Å². The highest BCUT2D eigenvalue weighted by Gasteiger charge is 2.12. The van der Waals surface area contributed by atoms with Crippen molar-refractivity contribution in [2.24, 2.45) is 0 Å². The number of benzene rings is 1. The summed E-state index contributed by atoms with van der Waals surface area (Å²) in [6.07, 6.45) is 9.91. The minimum atomic E-state index is -0.622. The molecule has 0 heterocycles. The second-order valence-corrected chi connectivity index (χ2v) is 5.54. The monoisotopic (exact) mass is 322 g/mol. The van der Waals surface area contributed by atoms with Gasteiger partial charge in [0.15, 0.2) is 0 Å². The van der Waals surface area contributed by atoms with Crippen molar-refractivity contribution in [2.75, 3.05) is 0 Å². The Morgan fingerprint density at radius 1 is 1.05 bits per heavy atom. The minimum Gasteiger partial charge on any atom is -0.426 e. The van der Waals surface area contributed by atoms with E-state index in [1.54, 1.807) is 24.3 Å². The third kappa shape index (κ3) is 7.41. The summed E-state index contributed by atoms with van der Waals surface area (Å²) in [4.78, 5) is 23.0. The van der Waals surface area contributed by atoms with Crippen LogP contribution in [0.3, 0.4) is 0 Å². The molecule has 0 N–H and O–H groups in total. The molecule has 0 atom stereocenters. The number of hydrogen-bond acceptors (Lipinski definition) is 3. The van der Waals surface area contributed by atoms with E-state index >= 15 is 0 Å². The first kappa shape index (κ1) is 18.4. The summed E-state index contributed by atoms with van der Waals surface area (Å²) >= 11 is 5.45. The maximum Gasteiger partial charge on any atom is 0.311 e. The van der Waals surface area contributed by atoms with Crippen LogP contribution in [0.2, 0.25) is 0 Å². The summed E-state index contributed by atoms with van der Waals surface area (Å²) < 4.78 is 5.21. The molecule has 0 bridgehead atoms. The number of para-hydroxylation sites is 1. The van der Waals surface area contributed by atoms with Gasteiger partial charge in [0, 0.05) is 6.42 Å². The average Bonchev–Trinajstić information content (AvgIpc) is 2.50. The van der Waals surface area contributed by atoms with Crippen molar-refractivity contribution in [2.45, 2.75) is 51.4 Å². The maximum absolute atomic E-state index is 11.8. The van der Waals surface area contributed by atoms with Gasteiger partial charge in [-0.05, 0) is 43.0 Å². The van der Waals surface area contributed by atoms with Gasteiger partial charge in [-0.15, -0.1) is 6.58 Å². The quantitative estimate of drug-likeness (QED) is 0.183. The van der Waals surface area contributed by atoms with E-state index in [0.29, 0.717) is 6.42 Å². The van der Waals surface area contributed by atoms with Crippen molar-refractivity contribution in [1.29, 1.82) is 0 Å². The van der Waals surface area contributed by atoms with Gasteiger partial charge >= 0.3 is 5.97 Å². The predicted octanol–water partition coefficient (Wildman–Crippen LogP) is 5.28. The van der Waals surface area contributed by atoms with Crippen LogP contribution in [0.5, 0.6) is 5.75 Å². The molecule has 0 aliphatic carbocycles. The minimum absolute atomic E-state index is 0.222. The molecule has 3 nitrogen and oxygen atoms in total. The highest BCUT2D eigenvalue weighted by molar-refractivity contribution is 6.68. The van der Waals surface area contributed by atoms with Crippen LogP contribution < -0.4 is 4.74 Å². The molecule has 1 rings (SSSR count).